The molecule has 0 amide bonds. The Labute approximate surface area is 152 Å². The lowest BCUT2D eigenvalue weighted by atomic mass is 10.0. The van der Waals surface area contributed by atoms with Crippen LogP contribution in [0.3, 0.4) is 0 Å². The van der Waals surface area contributed by atoms with Gasteiger partial charge < -0.3 is 14.7 Å². The van der Waals surface area contributed by atoms with Crippen LogP contribution in [0, 0.1) is 27.2 Å². The van der Waals surface area contributed by atoms with E-state index in [0.29, 0.717) is 13.2 Å². The van der Waals surface area contributed by atoms with Crippen molar-refractivity contribution in [3.05, 3.63) is 59.8 Å². The Bertz CT molecular complexity index is 839. The van der Waals surface area contributed by atoms with Crippen molar-refractivity contribution in [1.82, 2.24) is 0 Å². The SMILES string of the molecule is Cc1c(CO)cc([N+](=O)[O-])c(N2CCOC(c3cccs3)C2)c1[N+](=O)[O-]. The van der Waals surface area contributed by atoms with Gasteiger partial charge in [0.1, 0.15) is 6.10 Å². The van der Waals surface area contributed by atoms with E-state index >= 15 is 0 Å². The highest BCUT2D eigenvalue weighted by atomic mass is 32.1. The lowest BCUT2D eigenvalue weighted by Crippen LogP contribution is -2.39. The number of thiophene rings is 1. The summed E-state index contributed by atoms with van der Waals surface area (Å²) in [6.07, 6.45) is -0.305. The summed E-state index contributed by atoms with van der Waals surface area (Å²) < 4.78 is 5.74. The van der Waals surface area contributed by atoms with Gasteiger partial charge in [-0.25, -0.2) is 0 Å². The first-order chi connectivity index (χ1) is 12.4. The number of nitrogens with zero attached hydrogens (tertiary/aromatic N) is 3. The molecular weight excluding hydrogens is 362 g/mol. The van der Waals surface area contributed by atoms with Gasteiger partial charge in [-0.2, -0.15) is 0 Å². The lowest BCUT2D eigenvalue weighted by Gasteiger charge is -2.33. The van der Waals surface area contributed by atoms with Crippen molar-refractivity contribution in [2.75, 3.05) is 24.6 Å². The van der Waals surface area contributed by atoms with Gasteiger partial charge in [-0.05, 0) is 23.9 Å². The molecule has 0 saturated carbocycles. The highest BCUT2D eigenvalue weighted by Gasteiger charge is 2.36. The Balaban J connectivity index is 2.11. The fourth-order valence-electron chi connectivity index (χ4n) is 3.13. The van der Waals surface area contributed by atoms with Crippen LogP contribution in [-0.2, 0) is 11.3 Å². The normalized spacial score (nSPS) is 17.3. The van der Waals surface area contributed by atoms with Crippen LogP contribution in [0.4, 0.5) is 17.1 Å². The predicted molar refractivity (Wildman–Crippen MR) is 95.6 cm³/mol. The quantitative estimate of drug-likeness (QED) is 0.626. The standard InChI is InChI=1S/C16H17N3O6S/c1-10-11(9-20)7-12(18(21)22)16(15(10)19(23)24)17-4-5-25-13(8-17)14-3-2-6-26-14/h2-3,6-7,13,20H,4-5,8-9H2,1H3. The van der Waals surface area contributed by atoms with Crippen molar-refractivity contribution in [3.63, 3.8) is 0 Å². The first kappa shape index (κ1) is 18.2. The van der Waals surface area contributed by atoms with E-state index in [0.717, 1.165) is 4.88 Å². The average Bonchev–Trinajstić information content (AvgIpc) is 3.15. The largest absolute Gasteiger partial charge is 0.392 e. The summed E-state index contributed by atoms with van der Waals surface area (Å²) >= 11 is 1.50. The predicted octanol–water partition coefficient (Wildman–Crippen LogP) is 2.94. The number of anilines is 1. The molecule has 1 N–H and O–H groups in total. The van der Waals surface area contributed by atoms with Crippen molar-refractivity contribution < 1.29 is 19.7 Å². The molecule has 1 unspecified atom stereocenters. The third-order valence-corrected chi connectivity index (χ3v) is 5.37. The number of morpholine rings is 1. The van der Waals surface area contributed by atoms with Gasteiger partial charge in [-0.3, -0.25) is 20.2 Å². The number of aliphatic hydroxyl groups excluding tert-OH is 1. The second-order valence-electron chi connectivity index (χ2n) is 5.87. The third-order valence-electron chi connectivity index (χ3n) is 4.41. The Hall–Kier alpha value is -2.56. The monoisotopic (exact) mass is 379 g/mol. The molecule has 10 heteroatoms. The Kier molecular flexibility index (Phi) is 5.16. The van der Waals surface area contributed by atoms with Gasteiger partial charge in [-0.15, -0.1) is 11.3 Å². The van der Waals surface area contributed by atoms with E-state index in [1.165, 1.54) is 24.3 Å². The number of benzene rings is 1. The molecule has 1 fully saturated rings. The van der Waals surface area contributed by atoms with Gasteiger partial charge in [0.25, 0.3) is 5.69 Å². The fourth-order valence-corrected chi connectivity index (χ4v) is 3.90. The molecule has 1 aliphatic heterocycles. The van der Waals surface area contributed by atoms with Crippen LogP contribution in [0.25, 0.3) is 0 Å². The molecule has 1 saturated heterocycles. The van der Waals surface area contributed by atoms with Crippen LogP contribution < -0.4 is 4.90 Å². The summed E-state index contributed by atoms with van der Waals surface area (Å²) in [7, 11) is 0. The Morgan fingerprint density at radius 2 is 2.15 bits per heavy atom. The Morgan fingerprint density at radius 1 is 1.38 bits per heavy atom. The number of ether oxygens (including phenoxy) is 1. The van der Waals surface area contributed by atoms with Gasteiger partial charge in [0.15, 0.2) is 5.69 Å². The van der Waals surface area contributed by atoms with Crippen LogP contribution in [0.15, 0.2) is 23.6 Å². The molecule has 3 rings (SSSR count). The van der Waals surface area contributed by atoms with Gasteiger partial charge >= 0.3 is 5.69 Å². The van der Waals surface area contributed by atoms with Crippen LogP contribution in [-0.4, -0.2) is 34.6 Å². The number of hydrogen-bond donors (Lipinski definition) is 1. The maximum Gasteiger partial charge on any atom is 0.302 e. The maximum absolute atomic E-state index is 11.7. The molecule has 1 aromatic carbocycles. The van der Waals surface area contributed by atoms with Crippen molar-refractivity contribution in [2.24, 2.45) is 0 Å². The molecule has 0 spiro atoms. The topological polar surface area (TPSA) is 119 Å². The minimum absolute atomic E-state index is 0.0282. The van der Waals surface area contributed by atoms with E-state index in [2.05, 4.69) is 0 Å². The minimum atomic E-state index is -0.642. The summed E-state index contributed by atoms with van der Waals surface area (Å²) in [5.41, 5.74) is -0.333. The number of aliphatic hydroxyl groups is 1. The smallest absolute Gasteiger partial charge is 0.302 e. The first-order valence-corrected chi connectivity index (χ1v) is 8.78. The van der Waals surface area contributed by atoms with E-state index in [1.807, 2.05) is 17.5 Å². The third kappa shape index (κ3) is 3.26. The molecule has 138 valence electrons. The lowest BCUT2D eigenvalue weighted by molar-refractivity contribution is -0.393. The summed E-state index contributed by atoms with van der Waals surface area (Å²) in [5.74, 6) is 0. The summed E-state index contributed by atoms with van der Waals surface area (Å²) in [6.45, 7) is 1.88. The zero-order valence-electron chi connectivity index (χ0n) is 14.0. The Morgan fingerprint density at radius 3 is 2.73 bits per heavy atom. The van der Waals surface area contributed by atoms with Crippen LogP contribution in [0.5, 0.6) is 0 Å². The molecule has 9 nitrogen and oxygen atoms in total. The first-order valence-electron chi connectivity index (χ1n) is 7.90. The van der Waals surface area contributed by atoms with Crippen LogP contribution >= 0.6 is 11.3 Å². The van der Waals surface area contributed by atoms with Gasteiger partial charge in [0.2, 0.25) is 0 Å². The highest BCUT2D eigenvalue weighted by molar-refractivity contribution is 7.10. The molecule has 1 aliphatic rings. The van der Waals surface area contributed by atoms with E-state index in [1.54, 1.807) is 4.90 Å². The zero-order valence-corrected chi connectivity index (χ0v) is 14.8. The molecule has 0 radical (unpaired) electrons. The average molecular weight is 379 g/mol. The van der Waals surface area contributed by atoms with E-state index in [9.17, 15) is 25.3 Å². The number of nitro groups is 2. The van der Waals surface area contributed by atoms with E-state index < -0.39 is 16.5 Å². The molecule has 0 aliphatic carbocycles. The molecule has 26 heavy (non-hydrogen) atoms. The molecular formula is C16H17N3O6S. The molecule has 1 atom stereocenters. The maximum atomic E-state index is 11.7. The summed E-state index contributed by atoms with van der Waals surface area (Å²) in [4.78, 5) is 24.6. The molecule has 2 heterocycles. The van der Waals surface area contributed by atoms with Crippen molar-refractivity contribution in [3.8, 4) is 0 Å². The van der Waals surface area contributed by atoms with E-state index in [4.69, 9.17) is 4.74 Å². The van der Waals surface area contributed by atoms with Gasteiger partial charge in [-0.1, -0.05) is 6.07 Å². The molecule has 1 aromatic heterocycles. The fraction of sp³-hybridized carbons (Fsp3) is 0.375. The zero-order chi connectivity index (χ0) is 18.8. The molecule has 0 bridgehead atoms. The highest BCUT2D eigenvalue weighted by Crippen LogP contribution is 2.43. The second kappa shape index (κ2) is 7.36. The number of rotatable bonds is 5. The number of nitro benzene ring substituents is 2. The summed E-state index contributed by atoms with van der Waals surface area (Å²) in [5, 5.41) is 34.6. The second-order valence-corrected chi connectivity index (χ2v) is 6.85. The van der Waals surface area contributed by atoms with Crippen molar-refractivity contribution >= 4 is 28.4 Å². The van der Waals surface area contributed by atoms with Crippen molar-refractivity contribution in [1.29, 1.82) is 0 Å². The summed E-state index contributed by atoms with van der Waals surface area (Å²) in [6, 6.07) is 5.00. The number of hydrogen-bond acceptors (Lipinski definition) is 8. The van der Waals surface area contributed by atoms with Gasteiger partial charge in [0.05, 0.1) is 23.1 Å². The van der Waals surface area contributed by atoms with Crippen molar-refractivity contribution in [2.45, 2.75) is 19.6 Å². The van der Waals surface area contributed by atoms with Crippen LogP contribution in [0.1, 0.15) is 22.1 Å². The molecule has 2 aromatic rings. The minimum Gasteiger partial charge on any atom is -0.392 e. The van der Waals surface area contributed by atoms with E-state index in [-0.39, 0.29) is 40.8 Å². The van der Waals surface area contributed by atoms with Crippen LogP contribution in [0.2, 0.25) is 0 Å². The van der Waals surface area contributed by atoms with Gasteiger partial charge in [0, 0.05) is 29.6 Å².